The second-order valence-electron chi connectivity index (χ2n) is 4.60. The summed E-state index contributed by atoms with van der Waals surface area (Å²) in [6.07, 6.45) is 10.6. The molecule has 0 aromatic heterocycles. The number of allylic oxidation sites excluding steroid dienone is 5. The van der Waals surface area contributed by atoms with Crippen molar-refractivity contribution in [2.75, 3.05) is 4.43 Å². The molecular weight excluding hydrogens is 307 g/mol. The van der Waals surface area contributed by atoms with Crippen molar-refractivity contribution in [2.24, 2.45) is 0 Å². The van der Waals surface area contributed by atoms with E-state index in [4.69, 9.17) is 0 Å². The Labute approximate surface area is 115 Å². The van der Waals surface area contributed by atoms with Crippen LogP contribution in [0.15, 0.2) is 35.5 Å². The van der Waals surface area contributed by atoms with Crippen molar-refractivity contribution in [1.82, 2.24) is 0 Å². The third-order valence-electron chi connectivity index (χ3n) is 2.53. The van der Waals surface area contributed by atoms with Crippen LogP contribution in [-0.4, -0.2) is 4.43 Å². The maximum atomic E-state index is 4.08. The summed E-state index contributed by atoms with van der Waals surface area (Å²) in [6.45, 7) is 10.6. The molecule has 0 spiro atoms. The van der Waals surface area contributed by atoms with Crippen LogP contribution >= 0.6 is 22.6 Å². The lowest BCUT2D eigenvalue weighted by atomic mass is 10.1. The molecule has 0 aliphatic carbocycles. The summed E-state index contributed by atoms with van der Waals surface area (Å²) in [5.74, 6) is 0. The lowest BCUT2D eigenvalue weighted by molar-refractivity contribution is 0.895. The van der Waals surface area contributed by atoms with Crippen LogP contribution < -0.4 is 0 Å². The van der Waals surface area contributed by atoms with E-state index < -0.39 is 0 Å². The van der Waals surface area contributed by atoms with Crippen molar-refractivity contribution in [2.45, 2.75) is 52.9 Å². The molecule has 92 valence electrons. The predicted molar refractivity (Wildman–Crippen MR) is 84.3 cm³/mol. The Kier molecular flexibility index (Phi) is 10.1. The van der Waals surface area contributed by atoms with Gasteiger partial charge < -0.3 is 0 Å². The van der Waals surface area contributed by atoms with E-state index in [2.05, 4.69) is 62.1 Å². The normalized spacial score (nSPS) is 11.4. The van der Waals surface area contributed by atoms with Crippen LogP contribution in [0.2, 0.25) is 0 Å². The summed E-state index contributed by atoms with van der Waals surface area (Å²) in [6, 6.07) is 0. The van der Waals surface area contributed by atoms with Gasteiger partial charge >= 0.3 is 0 Å². The number of hydrogen-bond donors (Lipinski definition) is 0. The quantitative estimate of drug-likeness (QED) is 0.297. The van der Waals surface area contributed by atoms with Gasteiger partial charge in [0.05, 0.1) is 0 Å². The van der Waals surface area contributed by atoms with Crippen LogP contribution in [0.5, 0.6) is 0 Å². The van der Waals surface area contributed by atoms with Crippen molar-refractivity contribution in [3.63, 3.8) is 0 Å². The third kappa shape index (κ3) is 10.5. The van der Waals surface area contributed by atoms with Gasteiger partial charge in [0.15, 0.2) is 0 Å². The first-order valence-corrected chi connectivity index (χ1v) is 7.60. The highest BCUT2D eigenvalue weighted by atomic mass is 127. The van der Waals surface area contributed by atoms with Crippen LogP contribution in [0.4, 0.5) is 0 Å². The van der Waals surface area contributed by atoms with Crippen LogP contribution in [0.3, 0.4) is 0 Å². The molecule has 0 nitrogen and oxygen atoms in total. The zero-order valence-corrected chi connectivity index (χ0v) is 13.1. The smallest absolute Gasteiger partial charge is 0.00324 e. The van der Waals surface area contributed by atoms with E-state index in [1.165, 1.54) is 40.4 Å². The summed E-state index contributed by atoms with van der Waals surface area (Å²) >= 11 is 2.41. The van der Waals surface area contributed by atoms with E-state index in [0.29, 0.717) is 0 Å². The van der Waals surface area contributed by atoms with Gasteiger partial charge in [-0.3, -0.25) is 0 Å². The van der Waals surface area contributed by atoms with E-state index in [0.717, 1.165) is 12.8 Å². The Morgan fingerprint density at radius 2 is 1.62 bits per heavy atom. The molecule has 1 heteroatoms. The first kappa shape index (κ1) is 16.0. The topological polar surface area (TPSA) is 0 Å². The summed E-state index contributed by atoms with van der Waals surface area (Å²) in [4.78, 5) is 0. The van der Waals surface area contributed by atoms with Crippen molar-refractivity contribution >= 4 is 22.6 Å². The van der Waals surface area contributed by atoms with E-state index in [9.17, 15) is 0 Å². The monoisotopic (exact) mass is 332 g/mol. The van der Waals surface area contributed by atoms with Gasteiger partial charge in [-0.05, 0) is 52.9 Å². The molecule has 0 rings (SSSR count). The summed E-state index contributed by atoms with van der Waals surface area (Å²) in [7, 11) is 0. The molecule has 0 saturated heterocycles. The SMILES string of the molecule is C=C(CCI)CC/C=C(\C)CCC=C(C)C. The minimum Gasteiger partial charge on any atom is -0.0998 e. The van der Waals surface area contributed by atoms with Crippen molar-refractivity contribution < 1.29 is 0 Å². The molecular formula is C15H25I. The Morgan fingerprint density at radius 3 is 2.19 bits per heavy atom. The Bertz CT molecular complexity index is 255. The average molecular weight is 332 g/mol. The van der Waals surface area contributed by atoms with Crippen LogP contribution in [0.25, 0.3) is 0 Å². The number of alkyl halides is 1. The van der Waals surface area contributed by atoms with Gasteiger partial charge in [0.1, 0.15) is 0 Å². The van der Waals surface area contributed by atoms with Crippen LogP contribution in [0, 0.1) is 0 Å². The van der Waals surface area contributed by atoms with Gasteiger partial charge in [0, 0.05) is 4.43 Å². The Balaban J connectivity index is 3.70. The summed E-state index contributed by atoms with van der Waals surface area (Å²) in [5.41, 5.74) is 4.32. The molecule has 0 aromatic carbocycles. The van der Waals surface area contributed by atoms with E-state index in [1.54, 1.807) is 0 Å². The zero-order chi connectivity index (χ0) is 12.4. The second kappa shape index (κ2) is 10.1. The summed E-state index contributed by atoms with van der Waals surface area (Å²) < 4.78 is 1.19. The van der Waals surface area contributed by atoms with Crippen molar-refractivity contribution in [1.29, 1.82) is 0 Å². The van der Waals surface area contributed by atoms with Crippen LogP contribution in [-0.2, 0) is 0 Å². The largest absolute Gasteiger partial charge is 0.0998 e. The molecule has 0 aliphatic rings. The number of halogens is 1. The summed E-state index contributed by atoms with van der Waals surface area (Å²) in [5, 5.41) is 0. The molecule has 0 radical (unpaired) electrons. The van der Waals surface area contributed by atoms with E-state index in [-0.39, 0.29) is 0 Å². The highest BCUT2D eigenvalue weighted by Crippen LogP contribution is 2.13. The number of hydrogen-bond acceptors (Lipinski definition) is 0. The molecule has 0 aromatic rings. The average Bonchev–Trinajstić information content (AvgIpc) is 2.17. The predicted octanol–water partition coefficient (Wildman–Crippen LogP) is 5.84. The van der Waals surface area contributed by atoms with E-state index in [1.807, 2.05) is 0 Å². The van der Waals surface area contributed by atoms with Crippen molar-refractivity contribution in [3.05, 3.63) is 35.5 Å². The standard InChI is InChI=1S/C15H25I/c1-13(2)7-5-8-14(3)9-6-10-15(4)11-12-16/h7,9H,4-6,8,10-12H2,1-3H3/b14-9+. The molecule has 0 bridgehead atoms. The highest BCUT2D eigenvalue weighted by Gasteiger charge is 1.93. The lowest BCUT2D eigenvalue weighted by Crippen LogP contribution is -1.83. The van der Waals surface area contributed by atoms with E-state index >= 15 is 0 Å². The van der Waals surface area contributed by atoms with Gasteiger partial charge in [-0.15, -0.1) is 0 Å². The van der Waals surface area contributed by atoms with Gasteiger partial charge in [0.2, 0.25) is 0 Å². The highest BCUT2D eigenvalue weighted by molar-refractivity contribution is 14.1. The maximum Gasteiger partial charge on any atom is 0.00324 e. The fourth-order valence-corrected chi connectivity index (χ4v) is 2.23. The van der Waals surface area contributed by atoms with Gasteiger partial charge in [-0.2, -0.15) is 0 Å². The van der Waals surface area contributed by atoms with Gasteiger partial charge in [-0.25, -0.2) is 0 Å². The fraction of sp³-hybridized carbons (Fsp3) is 0.600. The second-order valence-corrected chi connectivity index (χ2v) is 5.68. The molecule has 0 amide bonds. The lowest BCUT2D eigenvalue weighted by Gasteiger charge is -2.02. The molecule has 0 atom stereocenters. The minimum absolute atomic E-state index is 1.16. The Hall–Kier alpha value is -0.0500. The molecule has 0 unspecified atom stereocenters. The van der Waals surface area contributed by atoms with Crippen molar-refractivity contribution in [3.8, 4) is 0 Å². The molecule has 0 N–H and O–H groups in total. The zero-order valence-electron chi connectivity index (χ0n) is 11.0. The molecule has 0 fully saturated rings. The Morgan fingerprint density at radius 1 is 1.00 bits per heavy atom. The van der Waals surface area contributed by atoms with Gasteiger partial charge in [0.25, 0.3) is 0 Å². The van der Waals surface area contributed by atoms with Gasteiger partial charge in [-0.1, -0.05) is 58.0 Å². The fourth-order valence-electron chi connectivity index (χ4n) is 1.47. The molecule has 0 saturated carbocycles. The molecule has 0 aliphatic heterocycles. The first-order chi connectivity index (χ1) is 7.56. The molecule has 0 heterocycles. The first-order valence-electron chi connectivity index (χ1n) is 6.08. The number of rotatable bonds is 8. The molecule has 16 heavy (non-hydrogen) atoms. The minimum atomic E-state index is 1.16. The maximum absolute atomic E-state index is 4.08. The van der Waals surface area contributed by atoms with Crippen LogP contribution in [0.1, 0.15) is 52.9 Å². The third-order valence-corrected chi connectivity index (χ3v) is 3.07.